The molecule has 4 heteroatoms. The van der Waals surface area contributed by atoms with Crippen LogP contribution in [0.15, 0.2) is 0 Å². The number of carbonyl (C=O) groups is 1. The van der Waals surface area contributed by atoms with Gasteiger partial charge in [0, 0.05) is 25.6 Å². The zero-order valence-electron chi connectivity index (χ0n) is 8.28. The number of aliphatic hydroxyl groups is 1. The van der Waals surface area contributed by atoms with Gasteiger partial charge in [-0.2, -0.15) is 0 Å². The van der Waals surface area contributed by atoms with Gasteiger partial charge in [-0.05, 0) is 18.3 Å². The molecule has 4 nitrogen and oxygen atoms in total. The number of hydrogen-bond acceptors (Lipinski definition) is 3. The van der Waals surface area contributed by atoms with Gasteiger partial charge in [0.1, 0.15) is 0 Å². The Morgan fingerprint density at radius 2 is 2.21 bits per heavy atom. The van der Waals surface area contributed by atoms with Crippen LogP contribution in [-0.2, 0) is 4.79 Å². The highest BCUT2D eigenvalue weighted by molar-refractivity contribution is 5.69. The molecule has 0 aromatic rings. The Kier molecular flexibility index (Phi) is 2.49. The van der Waals surface area contributed by atoms with E-state index in [0.29, 0.717) is 5.92 Å². The van der Waals surface area contributed by atoms with E-state index in [4.69, 9.17) is 5.11 Å². The predicted octanol–water partition coefficient (Wildman–Crippen LogP) is 0.165. The van der Waals surface area contributed by atoms with Crippen LogP contribution in [0.2, 0.25) is 0 Å². The molecule has 1 aliphatic carbocycles. The van der Waals surface area contributed by atoms with Gasteiger partial charge in [-0.1, -0.05) is 6.42 Å². The summed E-state index contributed by atoms with van der Waals surface area (Å²) in [6, 6.07) is 0. The topological polar surface area (TPSA) is 60.8 Å². The molecule has 14 heavy (non-hydrogen) atoms. The minimum absolute atomic E-state index is 0.123. The Morgan fingerprint density at radius 3 is 2.57 bits per heavy atom. The lowest BCUT2D eigenvalue weighted by Crippen LogP contribution is -2.39. The van der Waals surface area contributed by atoms with E-state index in [1.165, 1.54) is 6.42 Å². The summed E-state index contributed by atoms with van der Waals surface area (Å²) in [5.74, 6) is -0.464. The van der Waals surface area contributed by atoms with Crippen LogP contribution in [-0.4, -0.2) is 47.3 Å². The standard InChI is InChI=1S/C10H17NO3/c12-6-8-4-11(5-9(13)14)7-10(8)2-1-3-10/h8,12H,1-7H2,(H,13,14). The number of rotatable bonds is 3. The number of aliphatic carboxylic acids is 1. The van der Waals surface area contributed by atoms with E-state index in [-0.39, 0.29) is 18.6 Å². The van der Waals surface area contributed by atoms with Crippen molar-refractivity contribution in [3.05, 3.63) is 0 Å². The van der Waals surface area contributed by atoms with Crippen molar-refractivity contribution in [2.45, 2.75) is 19.3 Å². The van der Waals surface area contributed by atoms with E-state index in [0.717, 1.165) is 25.9 Å². The molecule has 2 rings (SSSR count). The first kappa shape index (κ1) is 9.93. The van der Waals surface area contributed by atoms with Gasteiger partial charge in [0.25, 0.3) is 0 Å². The van der Waals surface area contributed by atoms with Crippen molar-refractivity contribution in [3.8, 4) is 0 Å². The van der Waals surface area contributed by atoms with Crippen LogP contribution in [0.3, 0.4) is 0 Å². The van der Waals surface area contributed by atoms with E-state index < -0.39 is 5.97 Å². The van der Waals surface area contributed by atoms with Crippen molar-refractivity contribution < 1.29 is 15.0 Å². The van der Waals surface area contributed by atoms with E-state index in [1.54, 1.807) is 0 Å². The van der Waals surface area contributed by atoms with Crippen molar-refractivity contribution >= 4 is 5.97 Å². The van der Waals surface area contributed by atoms with Crippen molar-refractivity contribution in [1.29, 1.82) is 0 Å². The molecule has 1 atom stereocenters. The second-order valence-corrected chi connectivity index (χ2v) is 4.66. The fraction of sp³-hybridized carbons (Fsp3) is 0.900. The molecule has 1 unspecified atom stereocenters. The molecule has 0 aromatic heterocycles. The number of carboxylic acids is 1. The number of nitrogens with zero attached hydrogens (tertiary/aromatic N) is 1. The molecule has 1 aliphatic heterocycles. The van der Waals surface area contributed by atoms with Gasteiger partial charge in [0.2, 0.25) is 0 Å². The molecular weight excluding hydrogens is 182 g/mol. The van der Waals surface area contributed by atoms with Crippen molar-refractivity contribution in [2.24, 2.45) is 11.3 Å². The fourth-order valence-corrected chi connectivity index (χ4v) is 2.90. The molecule has 0 bridgehead atoms. The molecule has 0 amide bonds. The molecule has 0 aromatic carbocycles. The zero-order chi connectivity index (χ0) is 10.2. The van der Waals surface area contributed by atoms with Crippen LogP contribution in [0, 0.1) is 11.3 Å². The Labute approximate surface area is 83.5 Å². The highest BCUT2D eigenvalue weighted by atomic mass is 16.4. The molecule has 2 fully saturated rings. The maximum atomic E-state index is 10.6. The molecule has 1 saturated heterocycles. The van der Waals surface area contributed by atoms with Gasteiger partial charge in [-0.3, -0.25) is 9.69 Å². The highest BCUT2D eigenvalue weighted by Crippen LogP contribution is 2.51. The average molecular weight is 199 g/mol. The Bertz CT molecular complexity index is 238. The molecule has 2 N–H and O–H groups in total. The van der Waals surface area contributed by atoms with Crippen LogP contribution < -0.4 is 0 Å². The minimum atomic E-state index is -0.766. The molecule has 1 heterocycles. The fourth-order valence-electron chi connectivity index (χ4n) is 2.90. The quantitative estimate of drug-likeness (QED) is 0.680. The normalized spacial score (nSPS) is 30.5. The summed E-state index contributed by atoms with van der Waals surface area (Å²) in [5, 5.41) is 17.9. The largest absolute Gasteiger partial charge is 0.480 e. The summed E-state index contributed by atoms with van der Waals surface area (Å²) >= 11 is 0. The third kappa shape index (κ3) is 1.53. The molecule has 1 spiro atoms. The molecule has 80 valence electrons. The second-order valence-electron chi connectivity index (χ2n) is 4.66. The lowest BCUT2D eigenvalue weighted by molar-refractivity contribution is -0.138. The van der Waals surface area contributed by atoms with Crippen LogP contribution in [0.1, 0.15) is 19.3 Å². The van der Waals surface area contributed by atoms with E-state index in [9.17, 15) is 9.90 Å². The summed E-state index contributed by atoms with van der Waals surface area (Å²) in [4.78, 5) is 12.5. The predicted molar refractivity (Wildman–Crippen MR) is 50.9 cm³/mol. The lowest BCUT2D eigenvalue weighted by atomic mass is 9.63. The Balaban J connectivity index is 1.97. The Morgan fingerprint density at radius 1 is 1.50 bits per heavy atom. The van der Waals surface area contributed by atoms with Crippen LogP contribution in [0.4, 0.5) is 0 Å². The van der Waals surface area contributed by atoms with Gasteiger partial charge >= 0.3 is 5.97 Å². The number of likely N-dealkylation sites (tertiary alicyclic amines) is 1. The monoisotopic (exact) mass is 199 g/mol. The number of hydrogen-bond donors (Lipinski definition) is 2. The van der Waals surface area contributed by atoms with E-state index >= 15 is 0 Å². The molecular formula is C10H17NO3. The SMILES string of the molecule is O=C(O)CN1CC(CO)C2(CCC2)C1. The van der Waals surface area contributed by atoms with Gasteiger partial charge in [0.05, 0.1) is 6.54 Å². The van der Waals surface area contributed by atoms with Crippen LogP contribution in [0.25, 0.3) is 0 Å². The third-order valence-corrected chi connectivity index (χ3v) is 3.81. The summed E-state index contributed by atoms with van der Waals surface area (Å²) < 4.78 is 0. The smallest absolute Gasteiger partial charge is 0.317 e. The maximum Gasteiger partial charge on any atom is 0.317 e. The Hall–Kier alpha value is -0.610. The van der Waals surface area contributed by atoms with Gasteiger partial charge < -0.3 is 10.2 Å². The van der Waals surface area contributed by atoms with Crippen LogP contribution >= 0.6 is 0 Å². The summed E-state index contributed by atoms with van der Waals surface area (Å²) in [6.45, 7) is 1.95. The third-order valence-electron chi connectivity index (χ3n) is 3.81. The van der Waals surface area contributed by atoms with Crippen molar-refractivity contribution in [3.63, 3.8) is 0 Å². The average Bonchev–Trinajstić information content (AvgIpc) is 2.41. The van der Waals surface area contributed by atoms with Gasteiger partial charge in [-0.25, -0.2) is 0 Å². The summed E-state index contributed by atoms with van der Waals surface area (Å²) in [6.07, 6.45) is 3.56. The first-order valence-electron chi connectivity index (χ1n) is 5.21. The number of aliphatic hydroxyl groups excluding tert-OH is 1. The summed E-state index contributed by atoms with van der Waals surface area (Å²) in [5.41, 5.74) is 0.254. The van der Waals surface area contributed by atoms with Gasteiger partial charge in [0.15, 0.2) is 0 Å². The van der Waals surface area contributed by atoms with E-state index in [2.05, 4.69) is 0 Å². The first-order valence-corrected chi connectivity index (χ1v) is 5.21. The van der Waals surface area contributed by atoms with Crippen LogP contribution in [0.5, 0.6) is 0 Å². The first-order chi connectivity index (χ1) is 6.66. The molecule has 2 aliphatic rings. The highest BCUT2D eigenvalue weighted by Gasteiger charge is 2.49. The maximum absolute atomic E-state index is 10.6. The molecule has 1 saturated carbocycles. The number of carboxylic acid groups (broad SMARTS) is 1. The van der Waals surface area contributed by atoms with Gasteiger partial charge in [-0.15, -0.1) is 0 Å². The minimum Gasteiger partial charge on any atom is -0.480 e. The van der Waals surface area contributed by atoms with Crippen molar-refractivity contribution in [2.75, 3.05) is 26.2 Å². The molecule has 0 radical (unpaired) electrons. The zero-order valence-corrected chi connectivity index (χ0v) is 8.28. The lowest BCUT2D eigenvalue weighted by Gasteiger charge is -2.42. The van der Waals surface area contributed by atoms with Crippen molar-refractivity contribution in [1.82, 2.24) is 4.90 Å². The van der Waals surface area contributed by atoms with E-state index in [1.807, 2.05) is 4.90 Å². The second kappa shape index (κ2) is 3.51. The summed E-state index contributed by atoms with van der Waals surface area (Å²) in [7, 11) is 0.